The lowest BCUT2D eigenvalue weighted by Crippen LogP contribution is -2.13. The normalized spacial score (nSPS) is 10.3. The molecule has 1 N–H and O–H groups in total. The zero-order valence-corrected chi connectivity index (χ0v) is 10.7. The van der Waals surface area contributed by atoms with E-state index in [2.05, 4.69) is 21.4 Å². The van der Waals surface area contributed by atoms with Crippen LogP contribution in [-0.4, -0.2) is 17.1 Å². The molecule has 18 heavy (non-hydrogen) atoms. The molecular formula is C14H17N3O. The fraction of sp³-hybridized carbons (Fsp3) is 0.286. The molecule has 0 aromatic carbocycles. The van der Waals surface area contributed by atoms with Crippen molar-refractivity contribution in [3.63, 3.8) is 0 Å². The lowest BCUT2D eigenvalue weighted by molar-refractivity contribution is 0.397. The molecule has 4 nitrogen and oxygen atoms in total. The van der Waals surface area contributed by atoms with E-state index in [1.54, 1.807) is 7.11 Å². The van der Waals surface area contributed by atoms with Crippen molar-refractivity contribution in [2.45, 2.75) is 20.0 Å². The van der Waals surface area contributed by atoms with Crippen molar-refractivity contribution < 1.29 is 4.74 Å². The summed E-state index contributed by atoms with van der Waals surface area (Å²) in [7, 11) is 1.62. The third-order valence-electron chi connectivity index (χ3n) is 2.60. The molecule has 0 amide bonds. The van der Waals surface area contributed by atoms with Crippen molar-refractivity contribution in [1.29, 1.82) is 0 Å². The molecule has 0 saturated carbocycles. The van der Waals surface area contributed by atoms with Crippen molar-refractivity contribution in [3.05, 3.63) is 53.5 Å². The predicted octanol–water partition coefficient (Wildman–Crippen LogP) is 2.08. The van der Waals surface area contributed by atoms with Crippen LogP contribution in [0.3, 0.4) is 0 Å². The van der Waals surface area contributed by atoms with E-state index in [0.717, 1.165) is 18.7 Å². The average molecular weight is 243 g/mol. The Bertz CT molecular complexity index is 497. The molecule has 0 unspecified atom stereocenters. The Morgan fingerprint density at radius 2 is 1.94 bits per heavy atom. The topological polar surface area (TPSA) is 47.0 Å². The van der Waals surface area contributed by atoms with Crippen molar-refractivity contribution in [2.24, 2.45) is 0 Å². The second-order valence-corrected chi connectivity index (χ2v) is 4.18. The highest BCUT2D eigenvalue weighted by Gasteiger charge is 1.97. The van der Waals surface area contributed by atoms with E-state index in [1.807, 2.05) is 37.6 Å². The summed E-state index contributed by atoms with van der Waals surface area (Å²) in [5.41, 5.74) is 3.51. The minimum absolute atomic E-state index is 0.640. The number of hydrogen-bond acceptors (Lipinski definition) is 4. The Morgan fingerprint density at radius 1 is 1.11 bits per heavy atom. The zero-order chi connectivity index (χ0) is 12.8. The summed E-state index contributed by atoms with van der Waals surface area (Å²) < 4.78 is 5.02. The molecule has 0 aliphatic carbocycles. The number of pyridine rings is 2. The first-order valence-corrected chi connectivity index (χ1v) is 5.88. The van der Waals surface area contributed by atoms with Crippen molar-refractivity contribution >= 4 is 0 Å². The van der Waals surface area contributed by atoms with Crippen LogP contribution in [0, 0.1) is 6.92 Å². The van der Waals surface area contributed by atoms with Crippen LogP contribution >= 0.6 is 0 Å². The van der Waals surface area contributed by atoms with Crippen LogP contribution < -0.4 is 10.1 Å². The van der Waals surface area contributed by atoms with E-state index in [-0.39, 0.29) is 0 Å². The SMILES string of the molecule is COc1ccc(CNCc2cncc(C)c2)cn1. The van der Waals surface area contributed by atoms with Crippen molar-refractivity contribution in [2.75, 3.05) is 7.11 Å². The molecule has 0 bridgehead atoms. The first-order chi connectivity index (χ1) is 8.78. The minimum Gasteiger partial charge on any atom is -0.481 e. The fourth-order valence-electron chi connectivity index (χ4n) is 1.70. The van der Waals surface area contributed by atoms with Gasteiger partial charge < -0.3 is 10.1 Å². The quantitative estimate of drug-likeness (QED) is 0.873. The number of nitrogens with one attached hydrogen (secondary N) is 1. The Hall–Kier alpha value is -1.94. The summed E-state index contributed by atoms with van der Waals surface area (Å²) in [6, 6.07) is 6.00. The molecule has 0 spiro atoms. The number of rotatable bonds is 5. The van der Waals surface area contributed by atoms with Crippen LogP contribution in [-0.2, 0) is 13.1 Å². The molecule has 2 rings (SSSR count). The van der Waals surface area contributed by atoms with Crippen LogP contribution in [0.5, 0.6) is 5.88 Å². The third kappa shape index (κ3) is 3.53. The van der Waals surface area contributed by atoms with Crippen molar-refractivity contribution in [1.82, 2.24) is 15.3 Å². The van der Waals surface area contributed by atoms with Crippen LogP contribution in [0.2, 0.25) is 0 Å². The standard InChI is InChI=1S/C14H17N3O/c1-11-5-13(8-15-6-11)9-16-7-12-3-4-14(18-2)17-10-12/h3-6,8,10,16H,7,9H2,1-2H3. The number of methoxy groups -OCH3 is 1. The molecule has 2 aromatic heterocycles. The van der Waals surface area contributed by atoms with Crippen LogP contribution in [0.1, 0.15) is 16.7 Å². The molecule has 0 atom stereocenters. The fourth-order valence-corrected chi connectivity index (χ4v) is 1.70. The first-order valence-electron chi connectivity index (χ1n) is 5.88. The lowest BCUT2D eigenvalue weighted by atomic mass is 10.2. The first kappa shape index (κ1) is 12.5. The summed E-state index contributed by atoms with van der Waals surface area (Å²) in [6.45, 7) is 3.63. The molecule has 2 aromatic rings. The Balaban J connectivity index is 1.84. The Labute approximate surface area is 107 Å². The summed E-state index contributed by atoms with van der Waals surface area (Å²) in [4.78, 5) is 8.33. The van der Waals surface area contributed by atoms with Gasteiger partial charge >= 0.3 is 0 Å². The molecule has 2 heterocycles. The van der Waals surface area contributed by atoms with Gasteiger partial charge in [-0.2, -0.15) is 0 Å². The van der Waals surface area contributed by atoms with E-state index < -0.39 is 0 Å². The highest BCUT2D eigenvalue weighted by Crippen LogP contribution is 2.07. The van der Waals surface area contributed by atoms with E-state index in [1.165, 1.54) is 11.1 Å². The molecule has 0 aliphatic heterocycles. The van der Waals surface area contributed by atoms with Gasteiger partial charge in [-0.25, -0.2) is 4.98 Å². The van der Waals surface area contributed by atoms with Gasteiger partial charge in [-0.3, -0.25) is 4.98 Å². The van der Waals surface area contributed by atoms with Gasteiger partial charge in [-0.05, 0) is 23.6 Å². The summed E-state index contributed by atoms with van der Waals surface area (Å²) in [5.74, 6) is 0.640. The number of hydrogen-bond donors (Lipinski definition) is 1. The molecule has 0 saturated heterocycles. The van der Waals surface area contributed by atoms with E-state index in [9.17, 15) is 0 Å². The van der Waals surface area contributed by atoms with Crippen LogP contribution in [0.4, 0.5) is 0 Å². The second kappa shape index (κ2) is 6.12. The summed E-state index contributed by atoms with van der Waals surface area (Å²) in [6.07, 6.45) is 5.56. The van der Waals surface area contributed by atoms with Gasteiger partial charge in [0.25, 0.3) is 0 Å². The largest absolute Gasteiger partial charge is 0.481 e. The molecule has 94 valence electrons. The Morgan fingerprint density at radius 3 is 2.61 bits per heavy atom. The third-order valence-corrected chi connectivity index (χ3v) is 2.60. The summed E-state index contributed by atoms with van der Waals surface area (Å²) >= 11 is 0. The van der Waals surface area contributed by atoms with E-state index >= 15 is 0 Å². The maximum absolute atomic E-state index is 5.02. The maximum atomic E-state index is 5.02. The highest BCUT2D eigenvalue weighted by molar-refractivity contribution is 5.19. The van der Waals surface area contributed by atoms with Crippen LogP contribution in [0.25, 0.3) is 0 Å². The number of nitrogens with zero attached hydrogens (tertiary/aromatic N) is 2. The summed E-state index contributed by atoms with van der Waals surface area (Å²) in [5, 5.41) is 3.36. The molecule has 0 radical (unpaired) electrons. The lowest BCUT2D eigenvalue weighted by Gasteiger charge is -2.06. The predicted molar refractivity (Wildman–Crippen MR) is 70.3 cm³/mol. The molecule has 0 fully saturated rings. The van der Waals surface area contributed by atoms with Gasteiger partial charge in [0, 0.05) is 37.7 Å². The second-order valence-electron chi connectivity index (χ2n) is 4.18. The highest BCUT2D eigenvalue weighted by atomic mass is 16.5. The zero-order valence-electron chi connectivity index (χ0n) is 10.7. The van der Waals surface area contributed by atoms with Crippen molar-refractivity contribution in [3.8, 4) is 5.88 Å². The van der Waals surface area contributed by atoms with Gasteiger partial charge in [0.15, 0.2) is 0 Å². The van der Waals surface area contributed by atoms with Gasteiger partial charge in [-0.15, -0.1) is 0 Å². The average Bonchev–Trinajstić information content (AvgIpc) is 2.40. The molecule has 0 aliphatic rings. The van der Waals surface area contributed by atoms with Crippen LogP contribution in [0.15, 0.2) is 36.8 Å². The monoisotopic (exact) mass is 243 g/mol. The van der Waals surface area contributed by atoms with Gasteiger partial charge in [0.2, 0.25) is 5.88 Å². The number of ether oxygens (including phenoxy) is 1. The van der Waals surface area contributed by atoms with Gasteiger partial charge in [-0.1, -0.05) is 12.1 Å². The Kier molecular flexibility index (Phi) is 4.25. The number of aryl methyl sites for hydroxylation is 1. The van der Waals surface area contributed by atoms with E-state index in [4.69, 9.17) is 4.74 Å². The number of aromatic nitrogens is 2. The molecular weight excluding hydrogens is 226 g/mol. The van der Waals surface area contributed by atoms with Gasteiger partial charge in [0.05, 0.1) is 7.11 Å². The van der Waals surface area contributed by atoms with E-state index in [0.29, 0.717) is 5.88 Å². The minimum atomic E-state index is 0.640. The van der Waals surface area contributed by atoms with Gasteiger partial charge in [0.1, 0.15) is 0 Å². The molecule has 4 heteroatoms. The smallest absolute Gasteiger partial charge is 0.212 e. The maximum Gasteiger partial charge on any atom is 0.212 e.